The third-order valence-electron chi connectivity index (χ3n) is 10.3. The van der Waals surface area contributed by atoms with Crippen LogP contribution in [0, 0.1) is 0 Å². The SMILES string of the molecule is c1ccc(-n2c(-c3ccc4c(c3)C(c3ccccc3)(c3ccc5c(ccc6ccccc65)c3)c3ccccc3-4)nc3ccccc32)cc1. The van der Waals surface area contributed by atoms with E-state index in [9.17, 15) is 0 Å². The molecule has 1 aliphatic carbocycles. The maximum atomic E-state index is 5.26. The third kappa shape index (κ3) is 3.77. The first kappa shape index (κ1) is 26.9. The standard InChI is InChI=1S/C46H30N2/c1-3-14-34(15-4-1)46(35-26-28-38-32(29-35)24-23-31-13-7-8-18-37(31)38)41-20-10-9-19-39(41)40-27-25-33(30-42(40)46)45-47-43-21-11-12-22-44(43)48(45)36-16-5-2-6-17-36/h1-30H. The van der Waals surface area contributed by atoms with Gasteiger partial charge < -0.3 is 0 Å². The Kier molecular flexibility index (Phi) is 5.82. The zero-order valence-electron chi connectivity index (χ0n) is 26.2. The first-order valence-corrected chi connectivity index (χ1v) is 16.6. The van der Waals surface area contributed by atoms with E-state index in [1.807, 2.05) is 0 Å². The van der Waals surface area contributed by atoms with Crippen LogP contribution in [0.1, 0.15) is 22.3 Å². The Labute approximate surface area is 279 Å². The minimum absolute atomic E-state index is 0.521. The van der Waals surface area contributed by atoms with Crippen molar-refractivity contribution in [1.29, 1.82) is 0 Å². The number of aromatic nitrogens is 2. The van der Waals surface area contributed by atoms with Crippen molar-refractivity contribution in [3.8, 4) is 28.2 Å². The molecule has 1 atom stereocenters. The largest absolute Gasteiger partial charge is 0.292 e. The fraction of sp³-hybridized carbons (Fsp3) is 0.0217. The van der Waals surface area contributed by atoms with Gasteiger partial charge in [-0.1, -0.05) is 146 Å². The van der Waals surface area contributed by atoms with E-state index < -0.39 is 5.41 Å². The maximum absolute atomic E-state index is 5.26. The molecule has 8 aromatic carbocycles. The van der Waals surface area contributed by atoms with E-state index in [0.717, 1.165) is 28.1 Å². The Morgan fingerprint density at radius 3 is 2.02 bits per heavy atom. The molecule has 0 bridgehead atoms. The molecule has 0 saturated heterocycles. The molecule has 2 heteroatoms. The summed E-state index contributed by atoms with van der Waals surface area (Å²) in [5, 5.41) is 5.06. The van der Waals surface area contributed by atoms with Crippen LogP contribution in [0.15, 0.2) is 182 Å². The first-order valence-electron chi connectivity index (χ1n) is 16.6. The van der Waals surface area contributed by atoms with Gasteiger partial charge in [0.2, 0.25) is 0 Å². The summed E-state index contributed by atoms with van der Waals surface area (Å²) < 4.78 is 2.30. The highest BCUT2D eigenvalue weighted by molar-refractivity contribution is 6.08. The summed E-state index contributed by atoms with van der Waals surface area (Å²) in [6.07, 6.45) is 0. The van der Waals surface area contributed by atoms with Crippen molar-refractivity contribution in [3.05, 3.63) is 204 Å². The fourth-order valence-corrected chi connectivity index (χ4v) is 8.20. The monoisotopic (exact) mass is 610 g/mol. The molecule has 1 aliphatic rings. The topological polar surface area (TPSA) is 17.8 Å². The van der Waals surface area contributed by atoms with E-state index in [4.69, 9.17) is 4.98 Å². The lowest BCUT2D eigenvalue weighted by Gasteiger charge is -2.34. The summed E-state index contributed by atoms with van der Waals surface area (Å²) in [6, 6.07) is 66.3. The Bertz CT molecular complexity index is 2670. The van der Waals surface area contributed by atoms with E-state index in [1.54, 1.807) is 0 Å². The van der Waals surface area contributed by atoms with Crippen LogP contribution in [-0.4, -0.2) is 9.55 Å². The molecule has 224 valence electrons. The summed E-state index contributed by atoms with van der Waals surface area (Å²) in [4.78, 5) is 5.26. The maximum Gasteiger partial charge on any atom is 0.145 e. The average molecular weight is 611 g/mol. The van der Waals surface area contributed by atoms with Gasteiger partial charge in [0.05, 0.1) is 16.4 Å². The molecule has 0 spiro atoms. The molecule has 0 saturated carbocycles. The third-order valence-corrected chi connectivity index (χ3v) is 10.3. The molecule has 0 aliphatic heterocycles. The van der Waals surface area contributed by atoms with Crippen LogP contribution < -0.4 is 0 Å². The first-order chi connectivity index (χ1) is 23.8. The van der Waals surface area contributed by atoms with Gasteiger partial charge in [0.25, 0.3) is 0 Å². The Morgan fingerprint density at radius 1 is 0.438 bits per heavy atom. The molecule has 10 rings (SSSR count). The highest BCUT2D eigenvalue weighted by Crippen LogP contribution is 2.57. The molecule has 0 amide bonds. The van der Waals surface area contributed by atoms with Crippen LogP contribution >= 0.6 is 0 Å². The number of nitrogens with zero attached hydrogens (tertiary/aromatic N) is 2. The van der Waals surface area contributed by atoms with Crippen LogP contribution in [0.5, 0.6) is 0 Å². The van der Waals surface area contributed by atoms with Crippen molar-refractivity contribution in [3.63, 3.8) is 0 Å². The summed E-state index contributed by atoms with van der Waals surface area (Å²) in [5.41, 5.74) is 11.4. The molecule has 48 heavy (non-hydrogen) atoms. The van der Waals surface area contributed by atoms with E-state index in [1.165, 1.54) is 54.9 Å². The van der Waals surface area contributed by atoms with Gasteiger partial charge >= 0.3 is 0 Å². The van der Waals surface area contributed by atoms with Crippen LogP contribution in [-0.2, 0) is 5.41 Å². The van der Waals surface area contributed by atoms with E-state index in [-0.39, 0.29) is 0 Å². The summed E-state index contributed by atoms with van der Waals surface area (Å²) in [6.45, 7) is 0. The van der Waals surface area contributed by atoms with Crippen molar-refractivity contribution >= 4 is 32.6 Å². The van der Waals surface area contributed by atoms with Crippen LogP contribution in [0.4, 0.5) is 0 Å². The Morgan fingerprint density at radius 2 is 1.12 bits per heavy atom. The van der Waals surface area contributed by atoms with Crippen molar-refractivity contribution in [2.45, 2.75) is 5.41 Å². The second-order valence-electron chi connectivity index (χ2n) is 12.7. The molecule has 1 unspecified atom stereocenters. The molecule has 2 nitrogen and oxygen atoms in total. The molecular weight excluding hydrogens is 581 g/mol. The zero-order valence-corrected chi connectivity index (χ0v) is 26.2. The minimum Gasteiger partial charge on any atom is -0.292 e. The van der Waals surface area contributed by atoms with Gasteiger partial charge in [-0.15, -0.1) is 0 Å². The van der Waals surface area contributed by atoms with Crippen LogP contribution in [0.3, 0.4) is 0 Å². The van der Waals surface area contributed by atoms with Gasteiger partial charge in [0, 0.05) is 11.3 Å². The van der Waals surface area contributed by atoms with E-state index in [0.29, 0.717) is 0 Å². The number of hydrogen-bond donors (Lipinski definition) is 0. The van der Waals surface area contributed by atoms with Crippen LogP contribution in [0.2, 0.25) is 0 Å². The Hall–Kier alpha value is -6.25. The summed E-state index contributed by atoms with van der Waals surface area (Å²) in [7, 11) is 0. The van der Waals surface area contributed by atoms with Crippen LogP contribution in [0.25, 0.3) is 60.8 Å². The van der Waals surface area contributed by atoms with E-state index >= 15 is 0 Å². The van der Waals surface area contributed by atoms with Gasteiger partial charge in [0.15, 0.2) is 0 Å². The average Bonchev–Trinajstić information content (AvgIpc) is 3.69. The van der Waals surface area contributed by atoms with Gasteiger partial charge in [-0.3, -0.25) is 4.57 Å². The highest BCUT2D eigenvalue weighted by Gasteiger charge is 2.46. The highest BCUT2D eigenvalue weighted by atomic mass is 15.1. The molecule has 1 aromatic heterocycles. The number of rotatable bonds is 4. The van der Waals surface area contributed by atoms with Gasteiger partial charge in [-0.05, 0) is 91.3 Å². The number of fused-ring (bicyclic) bond motifs is 7. The second-order valence-corrected chi connectivity index (χ2v) is 12.7. The Balaban J connectivity index is 1.29. The van der Waals surface area contributed by atoms with Crippen molar-refractivity contribution < 1.29 is 0 Å². The van der Waals surface area contributed by atoms with Gasteiger partial charge in [0.1, 0.15) is 5.82 Å². The predicted molar refractivity (Wildman–Crippen MR) is 199 cm³/mol. The number of imidazole rings is 1. The molecule has 0 fully saturated rings. The lowest BCUT2D eigenvalue weighted by molar-refractivity contribution is 0.770. The summed E-state index contributed by atoms with van der Waals surface area (Å²) in [5.74, 6) is 0.938. The van der Waals surface area contributed by atoms with E-state index in [2.05, 4.69) is 187 Å². The van der Waals surface area contributed by atoms with Gasteiger partial charge in [-0.2, -0.15) is 0 Å². The van der Waals surface area contributed by atoms with Gasteiger partial charge in [-0.25, -0.2) is 4.98 Å². The minimum atomic E-state index is -0.521. The predicted octanol–water partition coefficient (Wildman–Crippen LogP) is 11.4. The lowest BCUT2D eigenvalue weighted by atomic mass is 9.67. The molecule has 0 N–H and O–H groups in total. The van der Waals surface area contributed by atoms with Crippen molar-refractivity contribution in [2.75, 3.05) is 0 Å². The quantitative estimate of drug-likeness (QED) is 0.181. The number of benzene rings is 8. The molecule has 9 aromatic rings. The normalized spacial score (nSPS) is 15.2. The fourth-order valence-electron chi connectivity index (χ4n) is 8.20. The molecular formula is C46H30N2. The zero-order chi connectivity index (χ0) is 31.7. The number of hydrogen-bond acceptors (Lipinski definition) is 1. The second kappa shape index (κ2) is 10.4. The smallest absolute Gasteiger partial charge is 0.145 e. The number of para-hydroxylation sites is 3. The van der Waals surface area contributed by atoms with Crippen molar-refractivity contribution in [1.82, 2.24) is 9.55 Å². The van der Waals surface area contributed by atoms with Crippen molar-refractivity contribution in [2.24, 2.45) is 0 Å². The summed E-state index contributed by atoms with van der Waals surface area (Å²) >= 11 is 0. The molecule has 1 heterocycles. The lowest BCUT2D eigenvalue weighted by Crippen LogP contribution is -2.28. The molecule has 0 radical (unpaired) electrons.